The summed E-state index contributed by atoms with van der Waals surface area (Å²) >= 11 is 0. The molecule has 0 N–H and O–H groups in total. The summed E-state index contributed by atoms with van der Waals surface area (Å²) in [5.41, 5.74) is 0.591. The molecule has 0 radical (unpaired) electrons. The number of esters is 1. The van der Waals surface area contributed by atoms with Gasteiger partial charge in [0.2, 0.25) is 0 Å². The summed E-state index contributed by atoms with van der Waals surface area (Å²) < 4.78 is 5.13. The van der Waals surface area contributed by atoms with Gasteiger partial charge in [0.1, 0.15) is 6.29 Å². The third kappa shape index (κ3) is 5.85. The van der Waals surface area contributed by atoms with E-state index < -0.39 is 0 Å². The van der Waals surface area contributed by atoms with Crippen molar-refractivity contribution in [1.82, 2.24) is 0 Å². The van der Waals surface area contributed by atoms with Crippen molar-refractivity contribution in [3.8, 4) is 0 Å². The first-order valence-electron chi connectivity index (χ1n) is 6.00. The van der Waals surface area contributed by atoms with Crippen LogP contribution in [0.2, 0.25) is 0 Å². The molecular formula is C14H18O3. The Morgan fingerprint density at radius 1 is 1.06 bits per heavy atom. The SMILES string of the molecule is O=CCCCCCCOC(=O)c1ccccc1. The predicted octanol–water partition coefficient (Wildman–Crippen LogP) is 2.99. The summed E-state index contributed by atoms with van der Waals surface area (Å²) in [5.74, 6) is -0.265. The van der Waals surface area contributed by atoms with Gasteiger partial charge in [-0.05, 0) is 25.0 Å². The monoisotopic (exact) mass is 234 g/mol. The Labute approximate surface area is 102 Å². The van der Waals surface area contributed by atoms with E-state index in [0.29, 0.717) is 18.6 Å². The van der Waals surface area contributed by atoms with Gasteiger partial charge in [-0.3, -0.25) is 0 Å². The Morgan fingerprint density at radius 2 is 1.76 bits per heavy atom. The van der Waals surface area contributed by atoms with Crippen LogP contribution in [0.15, 0.2) is 30.3 Å². The van der Waals surface area contributed by atoms with Crippen LogP contribution >= 0.6 is 0 Å². The molecule has 17 heavy (non-hydrogen) atoms. The van der Waals surface area contributed by atoms with Crippen LogP contribution in [0.3, 0.4) is 0 Å². The molecule has 0 fully saturated rings. The molecule has 0 heterocycles. The second kappa shape index (κ2) is 8.50. The van der Waals surface area contributed by atoms with Crippen LogP contribution < -0.4 is 0 Å². The fourth-order valence-corrected chi connectivity index (χ4v) is 1.51. The Kier molecular flexibility index (Phi) is 6.72. The van der Waals surface area contributed by atoms with Crippen molar-refractivity contribution >= 4 is 12.3 Å². The van der Waals surface area contributed by atoms with Crippen LogP contribution in [0.25, 0.3) is 0 Å². The quantitative estimate of drug-likeness (QED) is 0.394. The lowest BCUT2D eigenvalue weighted by atomic mass is 10.2. The molecule has 1 aromatic rings. The molecule has 0 aliphatic rings. The van der Waals surface area contributed by atoms with Crippen LogP contribution in [0.1, 0.15) is 42.5 Å². The summed E-state index contributed by atoms with van der Waals surface area (Å²) in [7, 11) is 0. The van der Waals surface area contributed by atoms with E-state index >= 15 is 0 Å². The highest BCUT2D eigenvalue weighted by Gasteiger charge is 2.04. The lowest BCUT2D eigenvalue weighted by Gasteiger charge is -2.04. The van der Waals surface area contributed by atoms with Gasteiger partial charge < -0.3 is 9.53 Å². The van der Waals surface area contributed by atoms with Gasteiger partial charge in [0.25, 0.3) is 0 Å². The maximum atomic E-state index is 11.5. The van der Waals surface area contributed by atoms with Crippen molar-refractivity contribution in [3.05, 3.63) is 35.9 Å². The van der Waals surface area contributed by atoms with Crippen molar-refractivity contribution in [2.45, 2.75) is 32.1 Å². The largest absolute Gasteiger partial charge is 0.462 e. The summed E-state index contributed by atoms with van der Waals surface area (Å²) in [6.45, 7) is 0.453. The third-order valence-electron chi connectivity index (χ3n) is 2.46. The number of carbonyl (C=O) groups is 2. The molecule has 0 atom stereocenters. The number of hydrogen-bond acceptors (Lipinski definition) is 3. The predicted molar refractivity (Wildman–Crippen MR) is 65.9 cm³/mol. The highest BCUT2D eigenvalue weighted by Crippen LogP contribution is 2.04. The second-order valence-electron chi connectivity index (χ2n) is 3.87. The van der Waals surface area contributed by atoms with E-state index in [1.807, 2.05) is 18.2 Å². The lowest BCUT2D eigenvalue weighted by molar-refractivity contribution is -0.107. The Balaban J connectivity index is 2.07. The summed E-state index contributed by atoms with van der Waals surface area (Å²) in [4.78, 5) is 21.6. The molecule has 1 rings (SSSR count). The van der Waals surface area contributed by atoms with Crippen molar-refractivity contribution in [3.63, 3.8) is 0 Å². The molecule has 0 bridgehead atoms. The molecule has 0 aliphatic heterocycles. The van der Waals surface area contributed by atoms with Gasteiger partial charge in [0, 0.05) is 6.42 Å². The molecule has 0 aliphatic carbocycles. The molecule has 0 unspecified atom stereocenters. The lowest BCUT2D eigenvalue weighted by Crippen LogP contribution is -2.06. The zero-order chi connectivity index (χ0) is 12.3. The molecule has 3 nitrogen and oxygen atoms in total. The van der Waals surface area contributed by atoms with Gasteiger partial charge in [0.15, 0.2) is 0 Å². The molecule has 0 aromatic heterocycles. The van der Waals surface area contributed by atoms with E-state index in [-0.39, 0.29) is 5.97 Å². The Bertz CT molecular complexity index is 333. The number of ether oxygens (including phenoxy) is 1. The molecule has 0 amide bonds. The van der Waals surface area contributed by atoms with Crippen LogP contribution in [-0.2, 0) is 9.53 Å². The van der Waals surface area contributed by atoms with Crippen molar-refractivity contribution in [2.24, 2.45) is 0 Å². The average Bonchev–Trinajstić information content (AvgIpc) is 2.38. The van der Waals surface area contributed by atoms with E-state index in [1.54, 1.807) is 12.1 Å². The standard InChI is InChI=1S/C14H18O3/c15-11-7-2-1-3-8-12-17-14(16)13-9-5-4-6-10-13/h4-6,9-11H,1-3,7-8,12H2. The molecule has 3 heteroatoms. The normalized spacial score (nSPS) is 9.88. The van der Waals surface area contributed by atoms with Gasteiger partial charge in [-0.25, -0.2) is 4.79 Å². The van der Waals surface area contributed by atoms with Gasteiger partial charge in [-0.1, -0.05) is 31.0 Å². The number of aldehydes is 1. The molecule has 0 saturated carbocycles. The molecule has 0 spiro atoms. The van der Waals surface area contributed by atoms with E-state index in [2.05, 4.69) is 0 Å². The Morgan fingerprint density at radius 3 is 2.47 bits per heavy atom. The van der Waals surface area contributed by atoms with Crippen LogP contribution in [0.4, 0.5) is 0 Å². The minimum absolute atomic E-state index is 0.265. The van der Waals surface area contributed by atoms with Crippen LogP contribution in [0.5, 0.6) is 0 Å². The summed E-state index contributed by atoms with van der Waals surface area (Å²) in [6, 6.07) is 8.98. The first-order valence-corrected chi connectivity index (χ1v) is 6.00. The number of carbonyl (C=O) groups excluding carboxylic acids is 2. The molecule has 1 aromatic carbocycles. The summed E-state index contributed by atoms with van der Waals surface area (Å²) in [5, 5.41) is 0. The zero-order valence-electron chi connectivity index (χ0n) is 9.93. The van der Waals surface area contributed by atoms with Crippen molar-refractivity contribution < 1.29 is 14.3 Å². The van der Waals surface area contributed by atoms with Gasteiger partial charge in [0.05, 0.1) is 12.2 Å². The Hall–Kier alpha value is -1.64. The minimum Gasteiger partial charge on any atom is -0.462 e. The molecule has 0 saturated heterocycles. The minimum atomic E-state index is -0.265. The van der Waals surface area contributed by atoms with E-state index in [4.69, 9.17) is 4.74 Å². The first kappa shape index (κ1) is 13.4. The van der Waals surface area contributed by atoms with Gasteiger partial charge in [-0.2, -0.15) is 0 Å². The van der Waals surface area contributed by atoms with Gasteiger partial charge in [-0.15, -0.1) is 0 Å². The smallest absolute Gasteiger partial charge is 0.338 e. The van der Waals surface area contributed by atoms with E-state index in [9.17, 15) is 9.59 Å². The average molecular weight is 234 g/mol. The maximum Gasteiger partial charge on any atom is 0.338 e. The molecule has 92 valence electrons. The highest BCUT2D eigenvalue weighted by molar-refractivity contribution is 5.89. The number of unbranched alkanes of at least 4 members (excludes halogenated alkanes) is 4. The topological polar surface area (TPSA) is 43.4 Å². The fraction of sp³-hybridized carbons (Fsp3) is 0.429. The number of hydrogen-bond donors (Lipinski definition) is 0. The number of benzene rings is 1. The molecular weight excluding hydrogens is 216 g/mol. The van der Waals surface area contributed by atoms with E-state index in [1.165, 1.54) is 0 Å². The highest BCUT2D eigenvalue weighted by atomic mass is 16.5. The van der Waals surface area contributed by atoms with E-state index in [0.717, 1.165) is 32.0 Å². The summed E-state index contributed by atoms with van der Waals surface area (Å²) in [6.07, 6.45) is 5.37. The number of rotatable bonds is 8. The van der Waals surface area contributed by atoms with Crippen LogP contribution in [0, 0.1) is 0 Å². The zero-order valence-corrected chi connectivity index (χ0v) is 9.93. The fourth-order valence-electron chi connectivity index (χ4n) is 1.51. The van der Waals surface area contributed by atoms with Crippen molar-refractivity contribution in [1.29, 1.82) is 0 Å². The van der Waals surface area contributed by atoms with Gasteiger partial charge >= 0.3 is 5.97 Å². The second-order valence-corrected chi connectivity index (χ2v) is 3.87. The van der Waals surface area contributed by atoms with Crippen molar-refractivity contribution in [2.75, 3.05) is 6.61 Å². The first-order chi connectivity index (χ1) is 8.34. The van der Waals surface area contributed by atoms with Crippen LogP contribution in [-0.4, -0.2) is 18.9 Å². The maximum absolute atomic E-state index is 11.5. The third-order valence-corrected chi connectivity index (χ3v) is 2.46.